The molecule has 1 rings (SSSR count). The van der Waals surface area contributed by atoms with Crippen LogP contribution in [0.25, 0.3) is 0 Å². The molecular formula is C8H11NOP. The van der Waals surface area contributed by atoms with Gasteiger partial charge in [-0.15, -0.1) is 0 Å². The zero-order valence-electron chi connectivity index (χ0n) is 6.45. The summed E-state index contributed by atoms with van der Waals surface area (Å²) in [6, 6.07) is 7.29. The summed E-state index contributed by atoms with van der Waals surface area (Å²) in [5, 5.41) is 0.782. The molecule has 0 heterocycles. The lowest BCUT2D eigenvalue weighted by Gasteiger charge is -2.00. The van der Waals surface area contributed by atoms with Crippen LogP contribution in [-0.2, 0) is 4.57 Å². The molecule has 0 fully saturated rings. The van der Waals surface area contributed by atoms with Crippen molar-refractivity contribution in [1.29, 1.82) is 0 Å². The first-order chi connectivity index (χ1) is 5.25. The van der Waals surface area contributed by atoms with Gasteiger partial charge in [-0.05, 0) is 12.1 Å². The summed E-state index contributed by atoms with van der Waals surface area (Å²) in [5.74, 6) is 0. The Labute approximate surface area is 67.2 Å². The third-order valence-corrected chi connectivity index (χ3v) is 3.01. The Balaban J connectivity index is 3.03. The summed E-state index contributed by atoms with van der Waals surface area (Å²) in [4.78, 5) is 0. The molecule has 0 aliphatic rings. The summed E-state index contributed by atoms with van der Waals surface area (Å²) in [5.41, 5.74) is 6.25. The predicted octanol–water partition coefficient (Wildman–Crippen LogP) is 1.74. The molecule has 1 unspecified atom stereocenters. The fourth-order valence-corrected chi connectivity index (χ4v) is 1.84. The van der Waals surface area contributed by atoms with Crippen LogP contribution in [0.4, 0.5) is 5.69 Å². The highest BCUT2D eigenvalue weighted by molar-refractivity contribution is 7.53. The van der Waals surface area contributed by atoms with Crippen molar-refractivity contribution in [2.45, 2.75) is 6.92 Å². The Morgan fingerprint density at radius 1 is 1.45 bits per heavy atom. The third-order valence-electron chi connectivity index (χ3n) is 1.49. The zero-order chi connectivity index (χ0) is 8.27. The zero-order valence-corrected chi connectivity index (χ0v) is 7.34. The van der Waals surface area contributed by atoms with Gasteiger partial charge in [0.1, 0.15) is 7.80 Å². The quantitative estimate of drug-likeness (QED) is 0.540. The van der Waals surface area contributed by atoms with Gasteiger partial charge in [-0.25, -0.2) is 0 Å². The first-order valence-corrected chi connectivity index (χ1v) is 4.99. The fourth-order valence-electron chi connectivity index (χ4n) is 0.885. The first-order valence-electron chi connectivity index (χ1n) is 3.55. The van der Waals surface area contributed by atoms with Gasteiger partial charge >= 0.3 is 0 Å². The van der Waals surface area contributed by atoms with Gasteiger partial charge < -0.3 is 5.73 Å². The average Bonchev–Trinajstić information content (AvgIpc) is 2.04. The highest BCUT2D eigenvalue weighted by Crippen LogP contribution is 2.21. The van der Waals surface area contributed by atoms with Crippen molar-refractivity contribution in [1.82, 2.24) is 0 Å². The Morgan fingerprint density at radius 2 is 2.09 bits per heavy atom. The van der Waals surface area contributed by atoms with Crippen molar-refractivity contribution in [2.75, 3.05) is 11.9 Å². The van der Waals surface area contributed by atoms with Crippen LogP contribution < -0.4 is 11.0 Å². The molecular weight excluding hydrogens is 157 g/mol. The molecule has 2 N–H and O–H groups in total. The second-order valence-electron chi connectivity index (χ2n) is 2.25. The molecule has 1 atom stereocenters. The number of para-hydroxylation sites is 1. The van der Waals surface area contributed by atoms with Crippen molar-refractivity contribution in [3.8, 4) is 0 Å². The van der Waals surface area contributed by atoms with E-state index in [0.717, 1.165) is 5.30 Å². The van der Waals surface area contributed by atoms with Crippen molar-refractivity contribution < 1.29 is 4.57 Å². The van der Waals surface area contributed by atoms with Crippen LogP contribution in [0, 0.1) is 0 Å². The van der Waals surface area contributed by atoms with Crippen molar-refractivity contribution in [3.63, 3.8) is 0 Å². The second kappa shape index (κ2) is 3.49. The van der Waals surface area contributed by atoms with Crippen molar-refractivity contribution >= 4 is 18.8 Å². The minimum atomic E-state index is -1.27. The molecule has 0 amide bonds. The molecule has 11 heavy (non-hydrogen) atoms. The summed E-state index contributed by atoms with van der Waals surface area (Å²) in [7, 11) is -1.27. The van der Waals surface area contributed by atoms with E-state index >= 15 is 0 Å². The van der Waals surface area contributed by atoms with Crippen molar-refractivity contribution in [3.05, 3.63) is 24.3 Å². The van der Waals surface area contributed by atoms with Gasteiger partial charge in [-0.2, -0.15) is 0 Å². The molecule has 0 spiro atoms. The summed E-state index contributed by atoms with van der Waals surface area (Å²) < 4.78 is 11.3. The first kappa shape index (κ1) is 8.22. The van der Waals surface area contributed by atoms with Gasteiger partial charge in [0.15, 0.2) is 0 Å². The van der Waals surface area contributed by atoms with Crippen molar-refractivity contribution in [2.24, 2.45) is 0 Å². The van der Waals surface area contributed by atoms with E-state index in [2.05, 4.69) is 0 Å². The van der Waals surface area contributed by atoms with Crippen LogP contribution in [0.15, 0.2) is 24.3 Å². The molecule has 0 aliphatic heterocycles. The smallest absolute Gasteiger partial charge is 0.106 e. The predicted molar refractivity (Wildman–Crippen MR) is 48.6 cm³/mol. The lowest BCUT2D eigenvalue weighted by Crippen LogP contribution is -2.04. The normalized spacial score (nSPS) is 11.2. The molecule has 0 aliphatic carbocycles. The highest BCUT2D eigenvalue weighted by Gasteiger charge is 2.03. The molecule has 0 saturated carbocycles. The van der Waals surface area contributed by atoms with Gasteiger partial charge in [0.05, 0.1) is 5.30 Å². The number of nitrogen functional groups attached to an aromatic ring is 1. The second-order valence-corrected chi connectivity index (χ2v) is 4.12. The molecule has 3 heteroatoms. The number of benzene rings is 1. The topological polar surface area (TPSA) is 43.1 Å². The highest BCUT2D eigenvalue weighted by atomic mass is 31.1. The SMILES string of the molecule is CC[P](=O)c1ccccc1N. The molecule has 2 nitrogen and oxygen atoms in total. The van der Waals surface area contributed by atoms with E-state index in [4.69, 9.17) is 5.73 Å². The Hall–Kier alpha value is -0.880. The summed E-state index contributed by atoms with van der Waals surface area (Å²) in [6.07, 6.45) is 0.656. The molecule has 1 aromatic rings. The van der Waals surface area contributed by atoms with Gasteiger partial charge in [-0.1, -0.05) is 19.1 Å². The van der Waals surface area contributed by atoms with Crippen LogP contribution in [-0.4, -0.2) is 6.16 Å². The maximum absolute atomic E-state index is 11.3. The Kier molecular flexibility index (Phi) is 2.61. The molecule has 0 aromatic heterocycles. The number of nitrogens with two attached hydrogens (primary N) is 1. The van der Waals surface area contributed by atoms with Gasteiger partial charge in [0, 0.05) is 11.8 Å². The van der Waals surface area contributed by atoms with Crippen LogP contribution in [0.3, 0.4) is 0 Å². The van der Waals surface area contributed by atoms with E-state index in [1.807, 2.05) is 25.1 Å². The monoisotopic (exact) mass is 168 g/mol. The molecule has 0 bridgehead atoms. The van der Waals surface area contributed by atoms with E-state index < -0.39 is 7.80 Å². The molecule has 0 saturated heterocycles. The minimum Gasteiger partial charge on any atom is -0.398 e. The van der Waals surface area contributed by atoms with Crippen LogP contribution in [0.2, 0.25) is 0 Å². The average molecular weight is 168 g/mol. The molecule has 1 aromatic carbocycles. The fraction of sp³-hybridized carbons (Fsp3) is 0.250. The Morgan fingerprint density at radius 3 is 2.64 bits per heavy atom. The standard InChI is InChI=1S/C8H11NOP/c1-2-11(10)8-6-4-3-5-7(8)9/h3-6H,2,9H2,1H3. The maximum atomic E-state index is 11.3. The van der Waals surface area contributed by atoms with Crippen LogP contribution in [0.5, 0.6) is 0 Å². The van der Waals surface area contributed by atoms with E-state index in [1.54, 1.807) is 6.07 Å². The number of rotatable bonds is 2. The van der Waals surface area contributed by atoms with E-state index in [-0.39, 0.29) is 0 Å². The number of hydrogen-bond acceptors (Lipinski definition) is 2. The van der Waals surface area contributed by atoms with Crippen LogP contribution >= 0.6 is 7.80 Å². The van der Waals surface area contributed by atoms with Crippen LogP contribution in [0.1, 0.15) is 6.92 Å². The van der Waals surface area contributed by atoms with E-state index in [9.17, 15) is 4.57 Å². The van der Waals surface area contributed by atoms with Gasteiger partial charge in [-0.3, -0.25) is 4.57 Å². The van der Waals surface area contributed by atoms with Gasteiger partial charge in [0.2, 0.25) is 0 Å². The maximum Gasteiger partial charge on any atom is 0.106 e. The van der Waals surface area contributed by atoms with E-state index in [1.165, 1.54) is 0 Å². The molecule has 1 radical (unpaired) electrons. The summed E-state index contributed by atoms with van der Waals surface area (Å²) >= 11 is 0. The lowest BCUT2D eigenvalue weighted by molar-refractivity contribution is 0.594. The summed E-state index contributed by atoms with van der Waals surface area (Å²) in [6.45, 7) is 1.89. The lowest BCUT2D eigenvalue weighted by atomic mass is 10.3. The third kappa shape index (κ3) is 1.78. The van der Waals surface area contributed by atoms with E-state index in [0.29, 0.717) is 11.8 Å². The van der Waals surface area contributed by atoms with Gasteiger partial charge in [0.25, 0.3) is 0 Å². The number of hydrogen-bond donors (Lipinski definition) is 1. The minimum absolute atomic E-state index is 0.635. The number of anilines is 1. The Bertz CT molecular complexity index is 273. The largest absolute Gasteiger partial charge is 0.398 e. The molecule has 59 valence electrons.